The summed E-state index contributed by atoms with van der Waals surface area (Å²) < 4.78 is 10.7. The standard InChI is InChI=1S/C6H9NOS/c7-5-6-1-3-9(8)4-2-6/h6H,1-4H2. The first-order valence-electron chi connectivity index (χ1n) is 3.07. The molecule has 0 radical (unpaired) electrons. The van der Waals surface area contributed by atoms with Gasteiger partial charge in [-0.05, 0) is 0 Å². The molecule has 0 aliphatic carbocycles. The van der Waals surface area contributed by atoms with Crippen molar-refractivity contribution < 1.29 is 4.55 Å². The highest BCUT2D eigenvalue weighted by Crippen LogP contribution is 2.17. The van der Waals surface area contributed by atoms with Gasteiger partial charge in [0.25, 0.3) is 0 Å². The van der Waals surface area contributed by atoms with Gasteiger partial charge in [0.1, 0.15) is 11.5 Å². The first kappa shape index (κ1) is 6.91. The summed E-state index contributed by atoms with van der Waals surface area (Å²) in [5.74, 6) is 1.65. The van der Waals surface area contributed by atoms with Crippen molar-refractivity contribution in [3.05, 3.63) is 0 Å². The molecule has 1 fully saturated rings. The van der Waals surface area contributed by atoms with E-state index in [1.807, 2.05) is 0 Å². The van der Waals surface area contributed by atoms with Gasteiger partial charge in [-0.2, -0.15) is 5.26 Å². The summed E-state index contributed by atoms with van der Waals surface area (Å²) in [5, 5.41) is 8.43. The third kappa shape index (κ3) is 1.88. The zero-order valence-corrected chi connectivity index (χ0v) is 5.99. The van der Waals surface area contributed by atoms with Crippen LogP contribution in [-0.2, 0) is 11.2 Å². The van der Waals surface area contributed by atoms with Crippen molar-refractivity contribution in [3.8, 4) is 6.07 Å². The zero-order valence-electron chi connectivity index (χ0n) is 5.17. The van der Waals surface area contributed by atoms with E-state index in [0.29, 0.717) is 0 Å². The molecule has 0 unspecified atom stereocenters. The molecule has 0 spiro atoms. The normalized spacial score (nSPS) is 35.6. The quantitative estimate of drug-likeness (QED) is 0.468. The number of hydrogen-bond acceptors (Lipinski definition) is 2. The number of rotatable bonds is 0. The van der Waals surface area contributed by atoms with Crippen LogP contribution in [0.3, 0.4) is 0 Å². The molecule has 0 aromatic carbocycles. The molecule has 0 saturated carbocycles. The van der Waals surface area contributed by atoms with Gasteiger partial charge in [-0.3, -0.25) is 0 Å². The Morgan fingerprint density at radius 2 is 2.00 bits per heavy atom. The first-order chi connectivity index (χ1) is 4.33. The molecule has 50 valence electrons. The fourth-order valence-electron chi connectivity index (χ4n) is 0.923. The summed E-state index contributed by atoms with van der Waals surface area (Å²) in [4.78, 5) is 0. The summed E-state index contributed by atoms with van der Waals surface area (Å²) in [6, 6.07) is 2.19. The Morgan fingerprint density at radius 1 is 1.44 bits per heavy atom. The minimum absolute atomic E-state index is 0.183. The van der Waals surface area contributed by atoms with Gasteiger partial charge in [0.15, 0.2) is 0 Å². The van der Waals surface area contributed by atoms with Gasteiger partial charge >= 0.3 is 0 Å². The van der Waals surface area contributed by atoms with E-state index in [1.165, 1.54) is 0 Å². The van der Waals surface area contributed by atoms with E-state index in [0.717, 1.165) is 24.3 Å². The van der Waals surface area contributed by atoms with Crippen LogP contribution >= 0.6 is 0 Å². The molecule has 2 nitrogen and oxygen atoms in total. The van der Waals surface area contributed by atoms with Crippen LogP contribution in [0.1, 0.15) is 12.8 Å². The topological polar surface area (TPSA) is 46.8 Å². The lowest BCUT2D eigenvalue weighted by atomic mass is 10.1. The molecule has 0 N–H and O–H groups in total. The van der Waals surface area contributed by atoms with Crippen molar-refractivity contribution in [2.24, 2.45) is 5.92 Å². The zero-order chi connectivity index (χ0) is 6.69. The van der Waals surface area contributed by atoms with Crippen molar-refractivity contribution in [3.63, 3.8) is 0 Å². The van der Waals surface area contributed by atoms with Crippen molar-refractivity contribution in [1.82, 2.24) is 0 Å². The molecule has 1 heterocycles. The number of nitrogens with zero attached hydrogens (tertiary/aromatic N) is 1. The van der Waals surface area contributed by atoms with E-state index in [-0.39, 0.29) is 5.92 Å². The maximum atomic E-state index is 10.7. The van der Waals surface area contributed by atoms with E-state index in [9.17, 15) is 4.55 Å². The predicted octanol–water partition coefficient (Wildman–Crippen LogP) is 0.669. The van der Waals surface area contributed by atoms with E-state index in [4.69, 9.17) is 5.26 Å². The van der Waals surface area contributed by atoms with Gasteiger partial charge in [-0.25, -0.2) is 0 Å². The Hall–Kier alpha value is -0.200. The van der Waals surface area contributed by atoms with Crippen LogP contribution in [0.4, 0.5) is 0 Å². The van der Waals surface area contributed by atoms with Crippen LogP contribution in [0.15, 0.2) is 0 Å². The molecular weight excluding hydrogens is 134 g/mol. The third-order valence-corrected chi connectivity index (χ3v) is 2.95. The average molecular weight is 143 g/mol. The monoisotopic (exact) mass is 143 g/mol. The summed E-state index contributed by atoms with van der Waals surface area (Å²) in [6.45, 7) is 0. The Balaban J connectivity index is 2.28. The van der Waals surface area contributed by atoms with Crippen LogP contribution in [-0.4, -0.2) is 16.1 Å². The van der Waals surface area contributed by atoms with Crippen molar-refractivity contribution >= 4 is 11.2 Å². The van der Waals surface area contributed by atoms with Gasteiger partial charge in [-0.15, -0.1) is 0 Å². The van der Waals surface area contributed by atoms with Crippen LogP contribution in [0.2, 0.25) is 0 Å². The minimum atomic E-state index is -0.614. The lowest BCUT2D eigenvalue weighted by molar-refractivity contribution is 0.540. The van der Waals surface area contributed by atoms with E-state index in [1.54, 1.807) is 0 Å². The average Bonchev–Trinajstić information content (AvgIpc) is 1.90. The Morgan fingerprint density at radius 3 is 2.44 bits per heavy atom. The van der Waals surface area contributed by atoms with Gasteiger partial charge < -0.3 is 4.55 Å². The van der Waals surface area contributed by atoms with Gasteiger partial charge in [-0.1, -0.05) is 11.2 Å². The molecule has 0 aromatic rings. The maximum Gasteiger partial charge on any atom is 0.106 e. The lowest BCUT2D eigenvalue weighted by Gasteiger charge is -2.18. The maximum absolute atomic E-state index is 10.7. The van der Waals surface area contributed by atoms with E-state index in [2.05, 4.69) is 6.07 Å². The Kier molecular flexibility index (Phi) is 2.38. The highest BCUT2D eigenvalue weighted by molar-refractivity contribution is 7.91. The van der Waals surface area contributed by atoms with Crippen LogP contribution in [0.25, 0.3) is 0 Å². The van der Waals surface area contributed by atoms with Crippen molar-refractivity contribution in [2.75, 3.05) is 11.5 Å². The molecule has 1 aliphatic rings. The summed E-state index contributed by atoms with van der Waals surface area (Å²) >= 11 is -0.614. The van der Waals surface area contributed by atoms with Gasteiger partial charge in [0, 0.05) is 12.8 Å². The lowest BCUT2D eigenvalue weighted by Crippen LogP contribution is -2.22. The second-order valence-electron chi connectivity index (χ2n) is 2.25. The third-order valence-electron chi connectivity index (χ3n) is 1.57. The molecule has 0 amide bonds. The minimum Gasteiger partial charge on any atom is -0.616 e. The molecule has 0 aromatic heterocycles. The predicted molar refractivity (Wildman–Crippen MR) is 36.2 cm³/mol. The number of nitriles is 1. The molecule has 1 aliphatic heterocycles. The SMILES string of the molecule is N#CC1CC[S+]([O-])CC1. The van der Waals surface area contributed by atoms with Crippen LogP contribution < -0.4 is 0 Å². The molecule has 1 saturated heterocycles. The Labute approximate surface area is 58.0 Å². The molecule has 3 heteroatoms. The highest BCUT2D eigenvalue weighted by Gasteiger charge is 2.20. The van der Waals surface area contributed by atoms with Gasteiger partial charge in [0.2, 0.25) is 0 Å². The van der Waals surface area contributed by atoms with Crippen molar-refractivity contribution in [2.45, 2.75) is 12.8 Å². The number of hydrogen-bond donors (Lipinski definition) is 0. The summed E-state index contributed by atoms with van der Waals surface area (Å²) in [5.41, 5.74) is 0. The molecular formula is C6H9NOS. The van der Waals surface area contributed by atoms with E-state index >= 15 is 0 Å². The smallest absolute Gasteiger partial charge is 0.106 e. The second kappa shape index (κ2) is 3.09. The van der Waals surface area contributed by atoms with Gasteiger partial charge in [0.05, 0.1) is 12.0 Å². The van der Waals surface area contributed by atoms with Crippen LogP contribution in [0, 0.1) is 17.2 Å². The van der Waals surface area contributed by atoms with Crippen LogP contribution in [0.5, 0.6) is 0 Å². The second-order valence-corrected chi connectivity index (χ2v) is 3.95. The molecule has 1 rings (SSSR count). The highest BCUT2D eigenvalue weighted by atomic mass is 32.2. The summed E-state index contributed by atoms with van der Waals surface area (Å²) in [7, 11) is 0. The first-order valence-corrected chi connectivity index (χ1v) is 4.56. The molecule has 0 atom stereocenters. The van der Waals surface area contributed by atoms with Crippen molar-refractivity contribution in [1.29, 1.82) is 5.26 Å². The van der Waals surface area contributed by atoms with E-state index < -0.39 is 11.2 Å². The molecule has 9 heavy (non-hydrogen) atoms. The largest absolute Gasteiger partial charge is 0.616 e. The fourth-order valence-corrected chi connectivity index (χ4v) is 2.22. The Bertz CT molecular complexity index is 124. The molecule has 0 bridgehead atoms. The fraction of sp³-hybridized carbons (Fsp3) is 0.833. The summed E-state index contributed by atoms with van der Waals surface area (Å²) in [6.07, 6.45) is 1.67.